The number of nitrogens with zero attached hydrogens (tertiary/aromatic N) is 1. The van der Waals surface area contributed by atoms with Gasteiger partial charge in [-0.2, -0.15) is 0 Å². The zero-order chi connectivity index (χ0) is 15.3. The van der Waals surface area contributed by atoms with Crippen LogP contribution in [-0.2, 0) is 10.0 Å². The maximum atomic E-state index is 12.5. The van der Waals surface area contributed by atoms with Gasteiger partial charge in [-0.1, -0.05) is 0 Å². The van der Waals surface area contributed by atoms with Crippen molar-refractivity contribution in [1.82, 2.24) is 9.62 Å². The molecule has 1 fully saturated rings. The van der Waals surface area contributed by atoms with Gasteiger partial charge in [0.1, 0.15) is 5.75 Å². The van der Waals surface area contributed by atoms with Gasteiger partial charge in [-0.3, -0.25) is 0 Å². The third kappa shape index (κ3) is 4.18. The van der Waals surface area contributed by atoms with Crippen molar-refractivity contribution in [2.24, 2.45) is 5.92 Å². The van der Waals surface area contributed by atoms with E-state index >= 15 is 0 Å². The van der Waals surface area contributed by atoms with Gasteiger partial charge in [0, 0.05) is 13.6 Å². The molecule has 1 unspecified atom stereocenters. The van der Waals surface area contributed by atoms with E-state index in [4.69, 9.17) is 4.74 Å². The van der Waals surface area contributed by atoms with Gasteiger partial charge in [0.2, 0.25) is 10.0 Å². The molecule has 118 valence electrons. The van der Waals surface area contributed by atoms with Crippen LogP contribution in [0.1, 0.15) is 19.8 Å². The SMILES string of the molecule is CCOc1ccc(S(=O)(=O)N(C)CC2CCCNC2)cc1. The van der Waals surface area contributed by atoms with E-state index in [2.05, 4.69) is 5.32 Å². The minimum Gasteiger partial charge on any atom is -0.494 e. The Morgan fingerprint density at radius 3 is 2.62 bits per heavy atom. The molecule has 5 nitrogen and oxygen atoms in total. The number of piperidine rings is 1. The highest BCUT2D eigenvalue weighted by Crippen LogP contribution is 2.21. The number of hydrogen-bond donors (Lipinski definition) is 1. The van der Waals surface area contributed by atoms with E-state index in [1.54, 1.807) is 31.3 Å². The van der Waals surface area contributed by atoms with Crippen molar-refractivity contribution in [3.8, 4) is 5.75 Å². The molecular weight excluding hydrogens is 288 g/mol. The Hall–Kier alpha value is -1.11. The number of rotatable bonds is 6. The van der Waals surface area contributed by atoms with Crippen LogP contribution in [0.5, 0.6) is 5.75 Å². The highest BCUT2D eigenvalue weighted by Gasteiger charge is 2.24. The first-order valence-corrected chi connectivity index (χ1v) is 8.88. The van der Waals surface area contributed by atoms with Crippen LogP contribution in [0.3, 0.4) is 0 Å². The molecule has 1 saturated heterocycles. The first-order valence-electron chi connectivity index (χ1n) is 7.44. The minimum absolute atomic E-state index is 0.317. The minimum atomic E-state index is -3.42. The van der Waals surface area contributed by atoms with Crippen molar-refractivity contribution in [1.29, 1.82) is 0 Å². The van der Waals surface area contributed by atoms with Crippen LogP contribution < -0.4 is 10.1 Å². The molecule has 0 aliphatic carbocycles. The molecule has 0 radical (unpaired) electrons. The van der Waals surface area contributed by atoms with Crippen molar-refractivity contribution in [2.75, 3.05) is 33.3 Å². The number of hydrogen-bond acceptors (Lipinski definition) is 4. The monoisotopic (exact) mass is 312 g/mol. The molecule has 0 aromatic heterocycles. The fourth-order valence-electron chi connectivity index (χ4n) is 2.60. The molecule has 1 N–H and O–H groups in total. The normalized spacial score (nSPS) is 19.7. The van der Waals surface area contributed by atoms with Gasteiger partial charge in [-0.05, 0) is 63.0 Å². The van der Waals surface area contributed by atoms with Crippen LogP contribution in [0.2, 0.25) is 0 Å². The van der Waals surface area contributed by atoms with Crippen LogP contribution in [0.25, 0.3) is 0 Å². The Labute approximate surface area is 127 Å². The van der Waals surface area contributed by atoms with Crippen molar-refractivity contribution in [2.45, 2.75) is 24.7 Å². The highest BCUT2D eigenvalue weighted by atomic mass is 32.2. The first-order chi connectivity index (χ1) is 10.0. The molecule has 0 saturated carbocycles. The van der Waals surface area contributed by atoms with Gasteiger partial charge < -0.3 is 10.1 Å². The zero-order valence-corrected chi connectivity index (χ0v) is 13.5. The summed E-state index contributed by atoms with van der Waals surface area (Å²) >= 11 is 0. The predicted molar refractivity (Wildman–Crippen MR) is 83.0 cm³/mol. The summed E-state index contributed by atoms with van der Waals surface area (Å²) in [6, 6.07) is 6.62. The largest absolute Gasteiger partial charge is 0.494 e. The van der Waals surface area contributed by atoms with Crippen molar-refractivity contribution in [3.05, 3.63) is 24.3 Å². The van der Waals surface area contributed by atoms with Gasteiger partial charge in [0.15, 0.2) is 0 Å². The molecule has 1 atom stereocenters. The first kappa shape index (κ1) is 16.3. The average Bonchev–Trinajstić information content (AvgIpc) is 2.49. The summed E-state index contributed by atoms with van der Waals surface area (Å²) in [4.78, 5) is 0.317. The summed E-state index contributed by atoms with van der Waals surface area (Å²) in [5.74, 6) is 1.08. The fraction of sp³-hybridized carbons (Fsp3) is 0.600. The van der Waals surface area contributed by atoms with E-state index in [-0.39, 0.29) is 0 Å². The third-order valence-corrected chi connectivity index (χ3v) is 5.59. The van der Waals surface area contributed by atoms with E-state index in [0.29, 0.717) is 29.7 Å². The van der Waals surface area contributed by atoms with Crippen LogP contribution >= 0.6 is 0 Å². The van der Waals surface area contributed by atoms with Crippen LogP contribution in [0.4, 0.5) is 0 Å². The summed E-state index contributed by atoms with van der Waals surface area (Å²) in [7, 11) is -1.77. The lowest BCUT2D eigenvalue weighted by molar-refractivity contribution is 0.314. The zero-order valence-electron chi connectivity index (χ0n) is 12.7. The Kier molecular flexibility index (Phi) is 5.61. The van der Waals surface area contributed by atoms with E-state index in [1.165, 1.54) is 4.31 Å². The van der Waals surface area contributed by atoms with Crippen molar-refractivity contribution in [3.63, 3.8) is 0 Å². The Morgan fingerprint density at radius 2 is 2.05 bits per heavy atom. The number of sulfonamides is 1. The summed E-state index contributed by atoms with van der Waals surface area (Å²) in [6.07, 6.45) is 2.19. The lowest BCUT2D eigenvalue weighted by Crippen LogP contribution is -2.39. The van der Waals surface area contributed by atoms with Gasteiger partial charge >= 0.3 is 0 Å². The molecule has 2 rings (SSSR count). The fourth-order valence-corrected chi connectivity index (χ4v) is 3.84. The number of nitrogens with one attached hydrogen (secondary N) is 1. The molecule has 0 spiro atoms. The van der Waals surface area contributed by atoms with Gasteiger partial charge in [0.25, 0.3) is 0 Å². The topological polar surface area (TPSA) is 58.6 Å². The molecule has 1 heterocycles. The highest BCUT2D eigenvalue weighted by molar-refractivity contribution is 7.89. The molecule has 1 aromatic carbocycles. The van der Waals surface area contributed by atoms with Gasteiger partial charge in [-0.15, -0.1) is 0 Å². The van der Waals surface area contributed by atoms with Gasteiger partial charge in [0.05, 0.1) is 11.5 Å². The predicted octanol–water partition coefficient (Wildman–Crippen LogP) is 1.71. The summed E-state index contributed by atoms with van der Waals surface area (Å²) in [5.41, 5.74) is 0. The second-order valence-electron chi connectivity index (χ2n) is 5.40. The molecule has 6 heteroatoms. The van der Waals surface area contributed by atoms with E-state index in [9.17, 15) is 8.42 Å². The van der Waals surface area contributed by atoms with Crippen LogP contribution in [0.15, 0.2) is 29.2 Å². The molecule has 1 aromatic rings. The maximum Gasteiger partial charge on any atom is 0.242 e. The molecule has 1 aliphatic heterocycles. The average molecular weight is 312 g/mol. The van der Waals surface area contributed by atoms with Crippen LogP contribution in [0, 0.1) is 5.92 Å². The number of benzene rings is 1. The molecule has 1 aliphatic rings. The Balaban J connectivity index is 2.05. The Morgan fingerprint density at radius 1 is 1.33 bits per heavy atom. The van der Waals surface area contributed by atoms with Crippen LogP contribution in [-0.4, -0.2) is 46.0 Å². The quantitative estimate of drug-likeness (QED) is 0.869. The molecule has 0 amide bonds. The molecular formula is C15H24N2O3S. The second kappa shape index (κ2) is 7.24. The summed E-state index contributed by atoms with van der Waals surface area (Å²) < 4.78 is 31.9. The van der Waals surface area contributed by atoms with E-state index in [1.807, 2.05) is 6.92 Å². The Bertz CT molecular complexity index is 537. The lowest BCUT2D eigenvalue weighted by Gasteiger charge is -2.27. The molecule has 0 bridgehead atoms. The second-order valence-corrected chi connectivity index (χ2v) is 7.45. The standard InChI is InChI=1S/C15H24N2O3S/c1-3-20-14-6-8-15(9-7-14)21(18,19)17(2)12-13-5-4-10-16-11-13/h6-9,13,16H,3-5,10-12H2,1-2H3. The van der Waals surface area contributed by atoms with Gasteiger partial charge in [-0.25, -0.2) is 12.7 Å². The smallest absolute Gasteiger partial charge is 0.242 e. The summed E-state index contributed by atoms with van der Waals surface area (Å²) in [5, 5.41) is 3.31. The van der Waals surface area contributed by atoms with Crippen molar-refractivity contribution >= 4 is 10.0 Å². The number of ether oxygens (including phenoxy) is 1. The van der Waals surface area contributed by atoms with Crippen molar-refractivity contribution < 1.29 is 13.2 Å². The third-order valence-electron chi connectivity index (χ3n) is 3.76. The maximum absolute atomic E-state index is 12.5. The molecule has 21 heavy (non-hydrogen) atoms. The van der Waals surface area contributed by atoms with E-state index < -0.39 is 10.0 Å². The lowest BCUT2D eigenvalue weighted by atomic mass is 10.00. The summed E-state index contributed by atoms with van der Waals surface area (Å²) in [6.45, 7) is 4.95. The van der Waals surface area contributed by atoms with E-state index in [0.717, 1.165) is 25.9 Å².